The molecule has 0 N–H and O–H groups in total. The molecule has 0 saturated heterocycles. The van der Waals surface area contributed by atoms with Crippen molar-refractivity contribution in [3.8, 4) is 5.75 Å². The summed E-state index contributed by atoms with van der Waals surface area (Å²) in [7, 11) is 3.46. The monoisotopic (exact) mass is 443 g/mol. The molecule has 3 rings (SSSR count). The molecule has 0 bridgehead atoms. The minimum Gasteiger partial charge on any atom is -0.497 e. The van der Waals surface area contributed by atoms with Gasteiger partial charge >= 0.3 is 5.97 Å². The molecule has 5 nitrogen and oxygen atoms in total. The fraction of sp³-hybridized carbons (Fsp3) is 0.273. The van der Waals surface area contributed by atoms with E-state index in [-0.39, 0.29) is 17.8 Å². The number of ether oxygens (including phenoxy) is 2. The van der Waals surface area contributed by atoms with Crippen LogP contribution < -0.4 is 9.64 Å². The van der Waals surface area contributed by atoms with E-state index in [1.807, 2.05) is 30.1 Å². The summed E-state index contributed by atoms with van der Waals surface area (Å²) in [5.74, 6) is -0.314. The molecule has 0 aromatic heterocycles. The van der Waals surface area contributed by atoms with E-state index in [0.29, 0.717) is 15.8 Å². The predicted molar refractivity (Wildman–Crippen MR) is 112 cm³/mol. The number of carbonyl (C=O) groups excluding carboxylic acids is 2. The number of carbonyl (C=O) groups is 2. The van der Waals surface area contributed by atoms with Crippen LogP contribution in [-0.2, 0) is 14.9 Å². The Morgan fingerprint density at radius 2 is 1.89 bits per heavy atom. The number of hydrogen-bond acceptors (Lipinski definition) is 5. The van der Waals surface area contributed by atoms with Gasteiger partial charge in [-0.05, 0) is 45.8 Å². The summed E-state index contributed by atoms with van der Waals surface area (Å²) in [6, 6.07) is 13.1. The van der Waals surface area contributed by atoms with Crippen molar-refractivity contribution < 1.29 is 19.1 Å². The molecule has 0 radical (unpaired) electrons. The van der Waals surface area contributed by atoms with Crippen molar-refractivity contribution in [2.75, 3.05) is 25.7 Å². The van der Waals surface area contributed by atoms with E-state index in [4.69, 9.17) is 9.47 Å². The normalized spacial score (nSPS) is 16.0. The van der Waals surface area contributed by atoms with E-state index >= 15 is 0 Å². The number of rotatable bonds is 5. The fourth-order valence-corrected chi connectivity index (χ4v) is 3.86. The zero-order chi connectivity index (χ0) is 20.5. The lowest BCUT2D eigenvalue weighted by atomic mass is 9.83. The number of fused-ring (bicyclic) bond motifs is 1. The quantitative estimate of drug-likeness (QED) is 0.503. The first-order valence-corrected chi connectivity index (χ1v) is 9.64. The van der Waals surface area contributed by atoms with Crippen molar-refractivity contribution in [1.82, 2.24) is 0 Å². The third-order valence-corrected chi connectivity index (χ3v) is 5.67. The second kappa shape index (κ2) is 7.80. The van der Waals surface area contributed by atoms with Gasteiger partial charge in [0.2, 0.25) is 0 Å². The number of benzene rings is 2. The zero-order valence-electron chi connectivity index (χ0n) is 16.3. The summed E-state index contributed by atoms with van der Waals surface area (Å²) in [6.07, 6.45) is 1.56. The number of allylic oxidation sites excluding steroid dienone is 1. The topological polar surface area (TPSA) is 55.8 Å². The largest absolute Gasteiger partial charge is 0.497 e. The Balaban J connectivity index is 1.74. The molecule has 1 heterocycles. The highest BCUT2D eigenvalue weighted by atomic mass is 79.9. The Bertz CT molecular complexity index is 965. The van der Waals surface area contributed by atoms with Gasteiger partial charge in [-0.15, -0.1) is 0 Å². The average molecular weight is 444 g/mol. The van der Waals surface area contributed by atoms with E-state index in [1.165, 1.54) is 7.11 Å². The van der Waals surface area contributed by atoms with Gasteiger partial charge in [0.25, 0.3) is 0 Å². The lowest BCUT2D eigenvalue weighted by molar-refractivity contribution is -0.117. The third-order valence-electron chi connectivity index (χ3n) is 4.98. The van der Waals surface area contributed by atoms with Crippen LogP contribution in [0.15, 0.2) is 58.7 Å². The first-order chi connectivity index (χ1) is 13.3. The van der Waals surface area contributed by atoms with Gasteiger partial charge in [0.05, 0.1) is 12.7 Å². The van der Waals surface area contributed by atoms with Crippen LogP contribution in [0.1, 0.15) is 29.8 Å². The maximum Gasteiger partial charge on any atom is 0.339 e. The minimum absolute atomic E-state index is 0.268. The lowest BCUT2D eigenvalue weighted by Gasteiger charge is -2.23. The summed E-state index contributed by atoms with van der Waals surface area (Å²) < 4.78 is 10.9. The molecule has 0 atom stereocenters. The lowest BCUT2D eigenvalue weighted by Crippen LogP contribution is -2.25. The zero-order valence-corrected chi connectivity index (χ0v) is 17.9. The smallest absolute Gasteiger partial charge is 0.339 e. The number of likely N-dealkylation sites (N-methyl/N-ethyl adjacent to an activating group) is 1. The van der Waals surface area contributed by atoms with E-state index < -0.39 is 5.97 Å². The van der Waals surface area contributed by atoms with Crippen LogP contribution in [0, 0.1) is 0 Å². The van der Waals surface area contributed by atoms with Crippen molar-refractivity contribution in [1.29, 1.82) is 0 Å². The van der Waals surface area contributed by atoms with Crippen LogP contribution in [0.25, 0.3) is 0 Å². The number of methoxy groups -OCH3 is 1. The summed E-state index contributed by atoms with van der Waals surface area (Å²) in [5, 5.41) is 0. The molecule has 2 aromatic carbocycles. The average Bonchev–Trinajstić information content (AvgIpc) is 2.87. The molecule has 0 spiro atoms. The van der Waals surface area contributed by atoms with Gasteiger partial charge in [-0.1, -0.05) is 32.0 Å². The molecule has 28 heavy (non-hydrogen) atoms. The maximum atomic E-state index is 12.5. The Hall–Kier alpha value is -2.60. The SMILES string of the molecule is COc1ccc(Br)c(C(=O)OCC(=O)C=C2N(C)c3ccccc3C2(C)C)c1. The summed E-state index contributed by atoms with van der Waals surface area (Å²) in [4.78, 5) is 26.9. The number of anilines is 1. The number of esters is 1. The molecule has 1 aliphatic rings. The first kappa shape index (κ1) is 20.1. The standard InChI is InChI=1S/C22H22BrNO4/c1-22(2)17-7-5-6-8-19(17)24(3)20(22)11-14(25)13-28-21(26)16-12-15(27-4)9-10-18(16)23/h5-12H,13H2,1-4H3. The molecule has 0 amide bonds. The molecular formula is C22H22BrNO4. The van der Waals surface area contributed by atoms with Crippen molar-refractivity contribution >= 4 is 33.4 Å². The van der Waals surface area contributed by atoms with Crippen LogP contribution in [-0.4, -0.2) is 32.5 Å². The number of nitrogens with zero attached hydrogens (tertiary/aromatic N) is 1. The van der Waals surface area contributed by atoms with Crippen LogP contribution in [0.5, 0.6) is 5.75 Å². The Labute approximate surface area is 173 Å². The van der Waals surface area contributed by atoms with Crippen molar-refractivity contribution in [3.05, 3.63) is 69.8 Å². The van der Waals surface area contributed by atoms with Crippen molar-refractivity contribution in [3.63, 3.8) is 0 Å². The molecular weight excluding hydrogens is 422 g/mol. The second-order valence-corrected chi connectivity index (χ2v) is 7.97. The molecule has 2 aromatic rings. The van der Waals surface area contributed by atoms with Gasteiger partial charge in [0.1, 0.15) is 5.75 Å². The molecule has 0 unspecified atom stereocenters. The highest BCUT2D eigenvalue weighted by molar-refractivity contribution is 9.10. The Kier molecular flexibility index (Phi) is 5.61. The first-order valence-electron chi connectivity index (χ1n) is 8.84. The minimum atomic E-state index is -0.583. The van der Waals surface area contributed by atoms with Crippen LogP contribution in [0.2, 0.25) is 0 Å². The number of halogens is 1. The molecule has 6 heteroatoms. The van der Waals surface area contributed by atoms with E-state index in [2.05, 4.69) is 35.8 Å². The van der Waals surface area contributed by atoms with Gasteiger partial charge in [-0.3, -0.25) is 4.79 Å². The molecule has 146 valence electrons. The summed E-state index contributed by atoms with van der Waals surface area (Å²) >= 11 is 3.32. The maximum absolute atomic E-state index is 12.5. The van der Waals surface area contributed by atoms with E-state index in [9.17, 15) is 9.59 Å². The predicted octanol–water partition coefficient (Wildman–Crippen LogP) is 4.50. The van der Waals surface area contributed by atoms with Gasteiger partial charge in [-0.25, -0.2) is 4.79 Å². The fourth-order valence-electron chi connectivity index (χ4n) is 3.46. The third kappa shape index (κ3) is 3.69. The molecule has 0 aliphatic carbocycles. The number of ketones is 1. The van der Waals surface area contributed by atoms with Crippen molar-refractivity contribution in [2.24, 2.45) is 0 Å². The number of hydrogen-bond donors (Lipinski definition) is 0. The molecule has 0 fully saturated rings. The van der Waals surface area contributed by atoms with Gasteiger partial charge in [0, 0.05) is 34.4 Å². The second-order valence-electron chi connectivity index (χ2n) is 7.12. The molecule has 0 saturated carbocycles. The highest BCUT2D eigenvalue weighted by Crippen LogP contribution is 2.46. The van der Waals surface area contributed by atoms with Gasteiger partial charge < -0.3 is 14.4 Å². The van der Waals surface area contributed by atoms with E-state index in [0.717, 1.165) is 16.9 Å². The highest BCUT2D eigenvalue weighted by Gasteiger charge is 2.38. The van der Waals surface area contributed by atoms with Crippen molar-refractivity contribution in [2.45, 2.75) is 19.3 Å². The van der Waals surface area contributed by atoms with Gasteiger partial charge in [-0.2, -0.15) is 0 Å². The molecule has 1 aliphatic heterocycles. The van der Waals surface area contributed by atoms with Crippen LogP contribution >= 0.6 is 15.9 Å². The summed E-state index contributed by atoms with van der Waals surface area (Å²) in [5.41, 5.74) is 3.11. The van der Waals surface area contributed by atoms with Crippen LogP contribution in [0.4, 0.5) is 5.69 Å². The van der Waals surface area contributed by atoms with E-state index in [1.54, 1.807) is 24.3 Å². The Morgan fingerprint density at radius 3 is 2.57 bits per heavy atom. The van der Waals surface area contributed by atoms with Gasteiger partial charge in [0.15, 0.2) is 12.4 Å². The number of para-hydroxylation sites is 1. The Morgan fingerprint density at radius 1 is 1.18 bits per heavy atom. The summed E-state index contributed by atoms with van der Waals surface area (Å²) in [6.45, 7) is 3.83. The van der Waals surface area contributed by atoms with Crippen LogP contribution in [0.3, 0.4) is 0 Å².